The van der Waals surface area contributed by atoms with E-state index >= 15 is 0 Å². The van der Waals surface area contributed by atoms with E-state index < -0.39 is 6.04 Å². The number of ether oxygens (including phenoxy) is 1. The van der Waals surface area contributed by atoms with Crippen LogP contribution in [-0.2, 0) is 16.0 Å². The van der Waals surface area contributed by atoms with Crippen LogP contribution in [0.25, 0.3) is 0 Å². The average Bonchev–Trinajstić information content (AvgIpc) is 2.85. The van der Waals surface area contributed by atoms with Gasteiger partial charge >= 0.3 is 5.97 Å². The highest BCUT2D eigenvalue weighted by molar-refractivity contribution is 5.76. The van der Waals surface area contributed by atoms with Crippen LogP contribution in [-0.4, -0.2) is 28.1 Å². The monoisotopic (exact) mass is 251 g/mol. The van der Waals surface area contributed by atoms with Gasteiger partial charge in [0, 0.05) is 18.3 Å². The van der Waals surface area contributed by atoms with Gasteiger partial charge in [0.05, 0.1) is 6.33 Å². The van der Waals surface area contributed by atoms with E-state index in [-0.39, 0.29) is 12.1 Å². The zero-order chi connectivity index (χ0) is 13.0. The van der Waals surface area contributed by atoms with Crippen molar-refractivity contribution in [2.24, 2.45) is 11.7 Å². The Hall–Kier alpha value is -1.36. The van der Waals surface area contributed by atoms with E-state index in [9.17, 15) is 4.79 Å². The number of carbonyl (C=O) groups excluding carboxylic acids is 1. The molecular formula is C13H21N3O2. The molecule has 1 heterocycles. The molecule has 1 aromatic rings. The molecule has 100 valence electrons. The number of imidazole rings is 1. The molecule has 0 aromatic carbocycles. The van der Waals surface area contributed by atoms with Gasteiger partial charge in [-0.1, -0.05) is 6.92 Å². The Morgan fingerprint density at radius 3 is 2.89 bits per heavy atom. The Morgan fingerprint density at radius 2 is 2.28 bits per heavy atom. The molecule has 0 unspecified atom stereocenters. The SMILES string of the molecule is CC1CCC(OC(=O)[C@H](N)Cc2cnc[nH]2)CC1. The second-order valence-corrected chi connectivity index (χ2v) is 5.21. The number of esters is 1. The van der Waals surface area contributed by atoms with Crippen molar-refractivity contribution in [1.29, 1.82) is 0 Å². The van der Waals surface area contributed by atoms with Gasteiger partial charge in [-0.3, -0.25) is 4.79 Å². The Bertz CT molecular complexity index is 370. The van der Waals surface area contributed by atoms with Gasteiger partial charge < -0.3 is 15.5 Å². The molecule has 3 N–H and O–H groups in total. The summed E-state index contributed by atoms with van der Waals surface area (Å²) in [6.45, 7) is 2.24. The molecule has 1 aliphatic rings. The highest BCUT2D eigenvalue weighted by Gasteiger charge is 2.24. The molecule has 1 aliphatic carbocycles. The van der Waals surface area contributed by atoms with Crippen molar-refractivity contribution in [3.63, 3.8) is 0 Å². The lowest BCUT2D eigenvalue weighted by Crippen LogP contribution is -2.37. The summed E-state index contributed by atoms with van der Waals surface area (Å²) < 4.78 is 5.45. The van der Waals surface area contributed by atoms with Gasteiger partial charge in [0.1, 0.15) is 12.1 Å². The number of aromatic amines is 1. The summed E-state index contributed by atoms with van der Waals surface area (Å²) in [4.78, 5) is 18.7. The second-order valence-electron chi connectivity index (χ2n) is 5.21. The Labute approximate surface area is 107 Å². The second kappa shape index (κ2) is 6.00. The van der Waals surface area contributed by atoms with Gasteiger partial charge in [-0.25, -0.2) is 4.98 Å². The smallest absolute Gasteiger partial charge is 0.323 e. The zero-order valence-corrected chi connectivity index (χ0v) is 10.8. The number of rotatable bonds is 4. The van der Waals surface area contributed by atoms with Crippen molar-refractivity contribution in [1.82, 2.24) is 9.97 Å². The first-order chi connectivity index (χ1) is 8.65. The predicted octanol–water partition coefficient (Wildman–Crippen LogP) is 1.40. The molecule has 0 aliphatic heterocycles. The van der Waals surface area contributed by atoms with E-state index in [1.165, 1.54) is 0 Å². The standard InChI is InChI=1S/C13H21N3O2/c1-9-2-4-11(5-3-9)18-13(17)12(14)6-10-7-15-8-16-10/h7-9,11-12H,2-6,14H2,1H3,(H,15,16)/t9?,11?,12-/m1/s1. The van der Waals surface area contributed by atoms with E-state index in [2.05, 4.69) is 16.9 Å². The number of hydrogen-bond donors (Lipinski definition) is 2. The summed E-state index contributed by atoms with van der Waals surface area (Å²) >= 11 is 0. The molecule has 0 spiro atoms. The fourth-order valence-corrected chi connectivity index (χ4v) is 2.32. The van der Waals surface area contributed by atoms with Crippen molar-refractivity contribution < 1.29 is 9.53 Å². The Morgan fingerprint density at radius 1 is 1.56 bits per heavy atom. The van der Waals surface area contributed by atoms with Crippen LogP contribution in [0.15, 0.2) is 12.5 Å². The summed E-state index contributed by atoms with van der Waals surface area (Å²) in [5.41, 5.74) is 6.69. The van der Waals surface area contributed by atoms with Crippen LogP contribution in [0, 0.1) is 5.92 Å². The highest BCUT2D eigenvalue weighted by atomic mass is 16.5. The van der Waals surface area contributed by atoms with Gasteiger partial charge in [0.15, 0.2) is 0 Å². The largest absolute Gasteiger partial charge is 0.461 e. The Balaban J connectivity index is 1.77. The van der Waals surface area contributed by atoms with Crippen molar-refractivity contribution in [2.75, 3.05) is 0 Å². The van der Waals surface area contributed by atoms with E-state index in [4.69, 9.17) is 10.5 Å². The summed E-state index contributed by atoms with van der Waals surface area (Å²) in [7, 11) is 0. The highest BCUT2D eigenvalue weighted by Crippen LogP contribution is 2.25. The van der Waals surface area contributed by atoms with Gasteiger partial charge in [-0.2, -0.15) is 0 Å². The molecule has 1 saturated carbocycles. The normalized spacial score (nSPS) is 25.7. The number of H-pyrrole nitrogens is 1. The molecule has 1 atom stereocenters. The number of nitrogens with zero attached hydrogens (tertiary/aromatic N) is 1. The first kappa shape index (κ1) is 13.1. The first-order valence-corrected chi connectivity index (χ1v) is 6.58. The molecule has 1 aromatic heterocycles. The predicted molar refractivity (Wildman–Crippen MR) is 67.8 cm³/mol. The van der Waals surface area contributed by atoms with Gasteiger partial charge in [-0.05, 0) is 31.6 Å². The number of hydrogen-bond acceptors (Lipinski definition) is 4. The topological polar surface area (TPSA) is 81.0 Å². The van der Waals surface area contributed by atoms with Crippen LogP contribution in [0.2, 0.25) is 0 Å². The average molecular weight is 251 g/mol. The lowest BCUT2D eigenvalue weighted by molar-refractivity contribution is -0.152. The van der Waals surface area contributed by atoms with Crippen LogP contribution < -0.4 is 5.73 Å². The molecule has 0 amide bonds. The van der Waals surface area contributed by atoms with Gasteiger partial charge in [0.25, 0.3) is 0 Å². The van der Waals surface area contributed by atoms with E-state index in [1.54, 1.807) is 12.5 Å². The molecular weight excluding hydrogens is 230 g/mol. The molecule has 18 heavy (non-hydrogen) atoms. The maximum absolute atomic E-state index is 11.8. The van der Waals surface area contributed by atoms with Crippen LogP contribution >= 0.6 is 0 Å². The molecule has 0 radical (unpaired) electrons. The number of nitrogens with two attached hydrogens (primary N) is 1. The van der Waals surface area contributed by atoms with Crippen molar-refractivity contribution in [2.45, 2.75) is 51.2 Å². The van der Waals surface area contributed by atoms with E-state index in [1.807, 2.05) is 0 Å². The van der Waals surface area contributed by atoms with Crippen molar-refractivity contribution in [3.8, 4) is 0 Å². The lowest BCUT2D eigenvalue weighted by atomic mass is 9.89. The van der Waals surface area contributed by atoms with Gasteiger partial charge in [-0.15, -0.1) is 0 Å². The van der Waals surface area contributed by atoms with Gasteiger partial charge in [0.2, 0.25) is 0 Å². The summed E-state index contributed by atoms with van der Waals surface area (Å²) in [5.74, 6) is 0.447. The third kappa shape index (κ3) is 3.57. The zero-order valence-electron chi connectivity index (χ0n) is 10.8. The van der Waals surface area contributed by atoms with Crippen LogP contribution in [0.5, 0.6) is 0 Å². The number of carbonyl (C=O) groups is 1. The van der Waals surface area contributed by atoms with Crippen LogP contribution in [0.4, 0.5) is 0 Å². The van der Waals surface area contributed by atoms with E-state index in [0.717, 1.165) is 37.3 Å². The third-order valence-electron chi connectivity index (χ3n) is 3.54. The first-order valence-electron chi connectivity index (χ1n) is 6.58. The van der Waals surface area contributed by atoms with Crippen LogP contribution in [0.3, 0.4) is 0 Å². The Kier molecular flexibility index (Phi) is 4.36. The molecule has 1 fully saturated rings. The molecule has 5 nitrogen and oxygen atoms in total. The minimum absolute atomic E-state index is 0.0570. The molecule has 5 heteroatoms. The van der Waals surface area contributed by atoms with Crippen molar-refractivity contribution >= 4 is 5.97 Å². The molecule has 0 saturated heterocycles. The number of nitrogens with one attached hydrogen (secondary N) is 1. The van der Waals surface area contributed by atoms with Crippen molar-refractivity contribution in [3.05, 3.63) is 18.2 Å². The van der Waals surface area contributed by atoms with E-state index in [0.29, 0.717) is 6.42 Å². The fraction of sp³-hybridized carbons (Fsp3) is 0.692. The minimum Gasteiger partial charge on any atom is -0.461 e. The molecule has 0 bridgehead atoms. The quantitative estimate of drug-likeness (QED) is 0.793. The maximum Gasteiger partial charge on any atom is 0.323 e. The summed E-state index contributed by atoms with van der Waals surface area (Å²) in [6, 6.07) is -0.607. The fourth-order valence-electron chi connectivity index (χ4n) is 2.32. The maximum atomic E-state index is 11.8. The summed E-state index contributed by atoms with van der Waals surface area (Å²) in [6.07, 6.45) is 7.95. The lowest BCUT2D eigenvalue weighted by Gasteiger charge is -2.26. The summed E-state index contributed by atoms with van der Waals surface area (Å²) in [5, 5.41) is 0. The molecule has 2 rings (SSSR count). The minimum atomic E-state index is -0.607. The third-order valence-corrected chi connectivity index (χ3v) is 3.54. The number of aromatic nitrogens is 2. The van der Waals surface area contributed by atoms with Crippen LogP contribution in [0.1, 0.15) is 38.3 Å².